The maximum atomic E-state index is 12.5. The monoisotopic (exact) mass is 412 g/mol. The Balaban J connectivity index is 1.45. The predicted octanol–water partition coefficient (Wildman–Crippen LogP) is 3.33. The summed E-state index contributed by atoms with van der Waals surface area (Å²) in [7, 11) is 1.69. The SMILES string of the molecule is CN=C(NCc1ccc(C)cc1OCC1CC1)NCC1CCN(CC(F)(F)F)C1. The van der Waals surface area contributed by atoms with Crippen LogP contribution in [0.1, 0.15) is 30.4 Å². The van der Waals surface area contributed by atoms with E-state index in [2.05, 4.69) is 33.8 Å². The van der Waals surface area contributed by atoms with E-state index in [0.29, 0.717) is 38.1 Å². The molecule has 0 aromatic heterocycles. The Hall–Kier alpha value is -1.96. The Bertz CT molecular complexity index is 704. The fourth-order valence-corrected chi connectivity index (χ4v) is 3.55. The van der Waals surface area contributed by atoms with Crippen LogP contribution in [0.5, 0.6) is 5.75 Å². The van der Waals surface area contributed by atoms with Crippen LogP contribution in [0.2, 0.25) is 0 Å². The Kier molecular flexibility index (Phi) is 7.27. The number of rotatable bonds is 8. The van der Waals surface area contributed by atoms with Crippen molar-refractivity contribution in [1.29, 1.82) is 0 Å². The van der Waals surface area contributed by atoms with Gasteiger partial charge in [0.15, 0.2) is 5.96 Å². The third-order valence-corrected chi connectivity index (χ3v) is 5.40. The molecule has 8 heteroatoms. The maximum absolute atomic E-state index is 12.5. The number of nitrogens with one attached hydrogen (secondary N) is 2. The smallest absolute Gasteiger partial charge is 0.401 e. The van der Waals surface area contributed by atoms with Crippen LogP contribution in [-0.4, -0.2) is 56.9 Å². The van der Waals surface area contributed by atoms with E-state index in [1.54, 1.807) is 7.05 Å². The van der Waals surface area contributed by atoms with Crippen molar-refractivity contribution < 1.29 is 17.9 Å². The molecule has 1 aliphatic heterocycles. The zero-order valence-electron chi connectivity index (χ0n) is 17.2. The normalized spacial score (nSPS) is 20.7. The van der Waals surface area contributed by atoms with Crippen molar-refractivity contribution >= 4 is 5.96 Å². The number of nitrogens with zero attached hydrogens (tertiary/aromatic N) is 2. The highest BCUT2D eigenvalue weighted by molar-refractivity contribution is 5.79. The van der Waals surface area contributed by atoms with Crippen LogP contribution in [-0.2, 0) is 6.54 Å². The predicted molar refractivity (Wildman–Crippen MR) is 108 cm³/mol. The molecule has 162 valence electrons. The number of likely N-dealkylation sites (tertiary alicyclic amines) is 1. The van der Waals surface area contributed by atoms with Crippen molar-refractivity contribution in [1.82, 2.24) is 15.5 Å². The molecule has 1 unspecified atom stereocenters. The molecular weight excluding hydrogens is 381 g/mol. The summed E-state index contributed by atoms with van der Waals surface area (Å²) >= 11 is 0. The lowest BCUT2D eigenvalue weighted by atomic mass is 10.1. The van der Waals surface area contributed by atoms with Gasteiger partial charge < -0.3 is 15.4 Å². The Morgan fingerprint density at radius 3 is 2.69 bits per heavy atom. The summed E-state index contributed by atoms with van der Waals surface area (Å²) in [5.74, 6) is 2.42. The molecule has 2 fully saturated rings. The lowest BCUT2D eigenvalue weighted by Gasteiger charge is -2.19. The van der Waals surface area contributed by atoms with E-state index >= 15 is 0 Å². The average molecular weight is 413 g/mol. The van der Waals surface area contributed by atoms with E-state index in [0.717, 1.165) is 29.9 Å². The molecule has 1 aromatic carbocycles. The van der Waals surface area contributed by atoms with E-state index in [-0.39, 0.29) is 5.92 Å². The summed E-state index contributed by atoms with van der Waals surface area (Å²) in [6, 6.07) is 6.18. The van der Waals surface area contributed by atoms with Crippen LogP contribution in [0.3, 0.4) is 0 Å². The van der Waals surface area contributed by atoms with Gasteiger partial charge in [-0.1, -0.05) is 12.1 Å². The number of ether oxygens (including phenoxy) is 1. The molecule has 0 bridgehead atoms. The van der Waals surface area contributed by atoms with Crippen molar-refractivity contribution in [2.24, 2.45) is 16.8 Å². The topological polar surface area (TPSA) is 48.9 Å². The van der Waals surface area contributed by atoms with Gasteiger partial charge in [0, 0.05) is 32.2 Å². The number of guanidine groups is 1. The second-order valence-electron chi connectivity index (χ2n) is 8.18. The summed E-state index contributed by atoms with van der Waals surface area (Å²) in [6.45, 7) is 4.11. The average Bonchev–Trinajstić information content (AvgIpc) is 3.39. The first kappa shape index (κ1) is 21.7. The zero-order chi connectivity index (χ0) is 20.9. The molecule has 0 amide bonds. The van der Waals surface area contributed by atoms with Crippen molar-refractivity contribution in [2.45, 2.75) is 38.9 Å². The molecule has 2 N–H and O–H groups in total. The molecule has 1 heterocycles. The van der Waals surface area contributed by atoms with Gasteiger partial charge in [0.05, 0.1) is 13.2 Å². The molecule has 0 spiro atoms. The molecule has 1 aromatic rings. The second kappa shape index (κ2) is 9.69. The van der Waals surface area contributed by atoms with E-state index in [1.165, 1.54) is 17.7 Å². The van der Waals surface area contributed by atoms with Gasteiger partial charge in [0.25, 0.3) is 0 Å². The summed E-state index contributed by atoms with van der Waals surface area (Å²) in [5.41, 5.74) is 2.23. The van der Waals surface area contributed by atoms with Crippen LogP contribution in [0.4, 0.5) is 13.2 Å². The minimum absolute atomic E-state index is 0.188. The van der Waals surface area contributed by atoms with Crippen molar-refractivity contribution in [2.75, 3.05) is 39.8 Å². The fraction of sp³-hybridized carbons (Fsp3) is 0.667. The van der Waals surface area contributed by atoms with Crippen LogP contribution < -0.4 is 15.4 Å². The van der Waals surface area contributed by atoms with Gasteiger partial charge in [0.2, 0.25) is 0 Å². The number of alkyl halides is 3. The standard InChI is InChI=1S/C21H31F3N4O/c1-15-3-6-18(19(9-15)29-13-16-4-5-16)11-27-20(25-2)26-10-17-7-8-28(12-17)14-21(22,23)24/h3,6,9,16-17H,4-5,7-8,10-14H2,1-2H3,(H2,25,26,27). The zero-order valence-corrected chi connectivity index (χ0v) is 17.2. The van der Waals surface area contributed by atoms with Gasteiger partial charge in [-0.25, -0.2) is 0 Å². The van der Waals surface area contributed by atoms with Gasteiger partial charge in [-0.05, 0) is 56.2 Å². The summed E-state index contributed by atoms with van der Waals surface area (Å²) in [6.07, 6.45) is -0.876. The highest BCUT2D eigenvalue weighted by atomic mass is 19.4. The van der Waals surface area contributed by atoms with Crippen molar-refractivity contribution in [3.63, 3.8) is 0 Å². The molecule has 2 aliphatic rings. The minimum Gasteiger partial charge on any atom is -0.493 e. The highest BCUT2D eigenvalue weighted by Crippen LogP contribution is 2.30. The van der Waals surface area contributed by atoms with Crippen LogP contribution in [0.25, 0.3) is 0 Å². The molecule has 1 saturated heterocycles. The van der Waals surface area contributed by atoms with E-state index in [9.17, 15) is 13.2 Å². The van der Waals surface area contributed by atoms with Gasteiger partial charge in [-0.15, -0.1) is 0 Å². The Morgan fingerprint density at radius 1 is 1.21 bits per heavy atom. The van der Waals surface area contributed by atoms with Gasteiger partial charge in [-0.3, -0.25) is 9.89 Å². The van der Waals surface area contributed by atoms with Crippen LogP contribution in [0.15, 0.2) is 23.2 Å². The first-order valence-corrected chi connectivity index (χ1v) is 10.3. The lowest BCUT2D eigenvalue weighted by molar-refractivity contribution is -0.143. The molecule has 3 rings (SSSR count). The first-order chi connectivity index (χ1) is 13.8. The van der Waals surface area contributed by atoms with Crippen LogP contribution in [0, 0.1) is 18.8 Å². The molecule has 29 heavy (non-hydrogen) atoms. The fourth-order valence-electron chi connectivity index (χ4n) is 3.55. The molecular formula is C21H31F3N4O. The van der Waals surface area contributed by atoms with E-state index in [1.807, 2.05) is 6.92 Å². The Morgan fingerprint density at radius 2 is 2.00 bits per heavy atom. The number of hydrogen-bond acceptors (Lipinski definition) is 3. The quantitative estimate of drug-likeness (QED) is 0.508. The third-order valence-electron chi connectivity index (χ3n) is 5.40. The molecule has 0 radical (unpaired) electrons. The van der Waals surface area contributed by atoms with Gasteiger partial charge >= 0.3 is 6.18 Å². The summed E-state index contributed by atoms with van der Waals surface area (Å²) < 4.78 is 43.6. The molecule has 1 aliphatic carbocycles. The summed E-state index contributed by atoms with van der Waals surface area (Å²) in [4.78, 5) is 5.70. The highest BCUT2D eigenvalue weighted by Gasteiger charge is 2.34. The van der Waals surface area contributed by atoms with E-state index in [4.69, 9.17) is 4.74 Å². The minimum atomic E-state index is -4.13. The number of aliphatic imine (C=N–C) groups is 1. The molecule has 5 nitrogen and oxygen atoms in total. The van der Waals surface area contributed by atoms with E-state index < -0.39 is 12.7 Å². The summed E-state index contributed by atoms with van der Waals surface area (Å²) in [5, 5.41) is 6.53. The number of aryl methyl sites for hydroxylation is 1. The largest absolute Gasteiger partial charge is 0.493 e. The van der Waals surface area contributed by atoms with Crippen molar-refractivity contribution in [3.05, 3.63) is 29.3 Å². The number of halogens is 3. The lowest BCUT2D eigenvalue weighted by Crippen LogP contribution is -2.40. The van der Waals surface area contributed by atoms with Gasteiger partial charge in [-0.2, -0.15) is 13.2 Å². The van der Waals surface area contributed by atoms with Crippen molar-refractivity contribution in [3.8, 4) is 5.75 Å². The first-order valence-electron chi connectivity index (χ1n) is 10.3. The molecule has 1 atom stereocenters. The maximum Gasteiger partial charge on any atom is 0.401 e. The number of hydrogen-bond donors (Lipinski definition) is 2. The molecule has 1 saturated carbocycles. The number of benzene rings is 1. The Labute approximate surface area is 170 Å². The van der Waals surface area contributed by atoms with Gasteiger partial charge in [0.1, 0.15) is 5.75 Å². The third kappa shape index (κ3) is 7.42. The van der Waals surface area contributed by atoms with Crippen LogP contribution >= 0.6 is 0 Å². The second-order valence-corrected chi connectivity index (χ2v) is 8.18.